The summed E-state index contributed by atoms with van der Waals surface area (Å²) >= 11 is 0. The molecule has 0 aliphatic heterocycles. The molecule has 7 heteroatoms. The van der Waals surface area contributed by atoms with Crippen molar-refractivity contribution in [3.63, 3.8) is 0 Å². The average molecular weight is 472 g/mol. The Hall–Kier alpha value is -4.39. The molecular formula is C28H25NO6. The number of amides is 1. The number of aryl methyl sites for hydroxylation is 1. The van der Waals surface area contributed by atoms with E-state index in [2.05, 4.69) is 5.32 Å². The summed E-state index contributed by atoms with van der Waals surface area (Å²) in [6, 6.07) is 22.4. The van der Waals surface area contributed by atoms with Crippen LogP contribution in [0.2, 0.25) is 0 Å². The summed E-state index contributed by atoms with van der Waals surface area (Å²) in [5.74, 6) is -0.470. The summed E-state index contributed by atoms with van der Waals surface area (Å²) in [4.78, 5) is 37.6. The quantitative estimate of drug-likeness (QED) is 0.235. The number of alkyl carbamates (subject to hydrolysis) is 1. The number of benzene rings is 3. The molecule has 0 spiro atoms. The van der Waals surface area contributed by atoms with Gasteiger partial charge < -0.3 is 19.2 Å². The Morgan fingerprint density at radius 1 is 0.886 bits per heavy atom. The van der Waals surface area contributed by atoms with Crippen LogP contribution < -0.4 is 15.7 Å². The Labute approximate surface area is 202 Å². The SMILES string of the molecule is Cc1c(C)c2ccc(OC(=O)C(Cc3ccccc3)NC(=O)OCc3ccccc3)cc2oc1=O. The molecule has 1 atom stereocenters. The van der Waals surface area contributed by atoms with Crippen molar-refractivity contribution in [3.8, 4) is 5.75 Å². The van der Waals surface area contributed by atoms with Crippen LogP contribution >= 0.6 is 0 Å². The van der Waals surface area contributed by atoms with Crippen molar-refractivity contribution < 1.29 is 23.5 Å². The van der Waals surface area contributed by atoms with Gasteiger partial charge in [0.1, 0.15) is 24.0 Å². The van der Waals surface area contributed by atoms with Gasteiger partial charge in [0.05, 0.1) is 0 Å². The average Bonchev–Trinajstić information content (AvgIpc) is 2.87. The van der Waals surface area contributed by atoms with E-state index in [0.717, 1.165) is 22.1 Å². The molecule has 1 heterocycles. The number of rotatable bonds is 7. The molecule has 1 aromatic heterocycles. The van der Waals surface area contributed by atoms with Gasteiger partial charge in [-0.05, 0) is 42.7 Å². The van der Waals surface area contributed by atoms with Crippen LogP contribution in [0.1, 0.15) is 22.3 Å². The third-order valence-electron chi connectivity index (χ3n) is 5.72. The second kappa shape index (κ2) is 10.7. The van der Waals surface area contributed by atoms with Crippen LogP contribution in [-0.4, -0.2) is 18.1 Å². The highest BCUT2D eigenvalue weighted by atomic mass is 16.6. The van der Waals surface area contributed by atoms with E-state index in [1.165, 1.54) is 6.07 Å². The normalized spacial score (nSPS) is 11.6. The van der Waals surface area contributed by atoms with Crippen molar-refractivity contribution in [1.29, 1.82) is 0 Å². The van der Waals surface area contributed by atoms with E-state index >= 15 is 0 Å². The smallest absolute Gasteiger partial charge is 0.408 e. The second-order valence-corrected chi connectivity index (χ2v) is 8.17. The van der Waals surface area contributed by atoms with Crippen LogP contribution in [0.5, 0.6) is 5.75 Å². The second-order valence-electron chi connectivity index (χ2n) is 8.17. The molecule has 35 heavy (non-hydrogen) atoms. The van der Waals surface area contributed by atoms with Gasteiger partial charge in [0.15, 0.2) is 0 Å². The van der Waals surface area contributed by atoms with Gasteiger partial charge >= 0.3 is 17.7 Å². The molecule has 1 N–H and O–H groups in total. The van der Waals surface area contributed by atoms with E-state index in [4.69, 9.17) is 13.9 Å². The summed E-state index contributed by atoms with van der Waals surface area (Å²) in [6.07, 6.45) is -0.525. The highest BCUT2D eigenvalue weighted by Gasteiger charge is 2.24. The zero-order valence-electron chi connectivity index (χ0n) is 19.4. The predicted molar refractivity (Wildman–Crippen MR) is 131 cm³/mol. The Kier molecular flexibility index (Phi) is 7.26. The lowest BCUT2D eigenvalue weighted by Gasteiger charge is -2.18. The van der Waals surface area contributed by atoms with Crippen molar-refractivity contribution in [2.24, 2.45) is 0 Å². The third-order valence-corrected chi connectivity index (χ3v) is 5.72. The first-order valence-electron chi connectivity index (χ1n) is 11.2. The summed E-state index contributed by atoms with van der Waals surface area (Å²) < 4.78 is 16.2. The van der Waals surface area contributed by atoms with E-state index in [1.807, 2.05) is 67.6 Å². The number of carbonyl (C=O) groups is 2. The van der Waals surface area contributed by atoms with Crippen molar-refractivity contribution >= 4 is 23.0 Å². The van der Waals surface area contributed by atoms with Crippen LogP contribution in [0.15, 0.2) is 88.1 Å². The molecule has 0 aliphatic rings. The first kappa shape index (κ1) is 23.8. The number of hydrogen-bond acceptors (Lipinski definition) is 6. The highest BCUT2D eigenvalue weighted by Crippen LogP contribution is 2.24. The Bertz CT molecular complexity index is 1400. The van der Waals surface area contributed by atoms with Crippen LogP contribution in [-0.2, 0) is 22.6 Å². The maximum atomic E-state index is 13.1. The molecule has 4 aromatic rings. The number of fused-ring (bicyclic) bond motifs is 1. The molecule has 7 nitrogen and oxygen atoms in total. The molecule has 0 saturated carbocycles. The monoisotopic (exact) mass is 471 g/mol. The number of esters is 1. The maximum Gasteiger partial charge on any atom is 0.408 e. The molecule has 4 rings (SSSR count). The molecule has 178 valence electrons. The Morgan fingerprint density at radius 2 is 1.54 bits per heavy atom. The van der Waals surface area contributed by atoms with Crippen LogP contribution in [0, 0.1) is 13.8 Å². The zero-order chi connectivity index (χ0) is 24.8. The minimum absolute atomic E-state index is 0.0717. The van der Waals surface area contributed by atoms with Gasteiger partial charge in [-0.3, -0.25) is 0 Å². The maximum absolute atomic E-state index is 13.1. The van der Waals surface area contributed by atoms with Crippen molar-refractivity contribution in [1.82, 2.24) is 5.32 Å². The summed E-state index contributed by atoms with van der Waals surface area (Å²) in [5.41, 5.74) is 2.88. The number of nitrogens with one attached hydrogen (secondary N) is 1. The van der Waals surface area contributed by atoms with Crippen molar-refractivity contribution in [2.45, 2.75) is 32.9 Å². The number of hydrogen-bond donors (Lipinski definition) is 1. The van der Waals surface area contributed by atoms with Gasteiger partial charge in [0.25, 0.3) is 0 Å². The van der Waals surface area contributed by atoms with Crippen LogP contribution in [0.4, 0.5) is 4.79 Å². The molecule has 0 aliphatic carbocycles. The fourth-order valence-electron chi connectivity index (χ4n) is 3.63. The minimum Gasteiger partial charge on any atom is -0.445 e. The fraction of sp³-hybridized carbons (Fsp3) is 0.179. The van der Waals surface area contributed by atoms with Gasteiger partial charge in [-0.1, -0.05) is 60.7 Å². The first-order valence-corrected chi connectivity index (χ1v) is 11.2. The lowest BCUT2D eigenvalue weighted by atomic mass is 10.1. The molecular weight excluding hydrogens is 446 g/mol. The van der Waals surface area contributed by atoms with E-state index < -0.39 is 23.7 Å². The fourth-order valence-corrected chi connectivity index (χ4v) is 3.63. The van der Waals surface area contributed by atoms with Crippen molar-refractivity contribution in [2.75, 3.05) is 0 Å². The molecule has 0 saturated heterocycles. The Morgan fingerprint density at radius 3 is 2.23 bits per heavy atom. The van der Waals surface area contributed by atoms with E-state index in [9.17, 15) is 14.4 Å². The van der Waals surface area contributed by atoms with Gasteiger partial charge in [0, 0.05) is 23.4 Å². The number of carbonyl (C=O) groups excluding carboxylic acids is 2. The van der Waals surface area contributed by atoms with Gasteiger partial charge in [0.2, 0.25) is 0 Å². The van der Waals surface area contributed by atoms with E-state index in [-0.39, 0.29) is 18.8 Å². The summed E-state index contributed by atoms with van der Waals surface area (Å²) in [6.45, 7) is 3.61. The standard InChI is InChI=1S/C28H25NO6/c1-18-19(2)26(30)35-25-16-22(13-14-23(18)25)34-27(31)24(15-20-9-5-3-6-10-20)29-28(32)33-17-21-11-7-4-8-12-21/h3-14,16,24H,15,17H2,1-2H3,(H,29,32). The van der Waals surface area contributed by atoms with E-state index in [0.29, 0.717) is 11.1 Å². The third kappa shape index (κ3) is 5.95. The van der Waals surface area contributed by atoms with Crippen LogP contribution in [0.25, 0.3) is 11.0 Å². The summed E-state index contributed by atoms with van der Waals surface area (Å²) in [5, 5.41) is 3.36. The lowest BCUT2D eigenvalue weighted by Crippen LogP contribution is -2.44. The lowest BCUT2D eigenvalue weighted by molar-refractivity contribution is -0.136. The molecule has 0 fully saturated rings. The Balaban J connectivity index is 1.51. The van der Waals surface area contributed by atoms with Gasteiger partial charge in [-0.15, -0.1) is 0 Å². The zero-order valence-corrected chi connectivity index (χ0v) is 19.4. The largest absolute Gasteiger partial charge is 0.445 e. The van der Waals surface area contributed by atoms with Crippen molar-refractivity contribution in [3.05, 3.63) is 112 Å². The van der Waals surface area contributed by atoms with E-state index in [1.54, 1.807) is 19.1 Å². The molecule has 1 unspecified atom stereocenters. The minimum atomic E-state index is -0.997. The topological polar surface area (TPSA) is 94.8 Å². The molecule has 1 amide bonds. The first-order chi connectivity index (χ1) is 16.9. The van der Waals surface area contributed by atoms with Gasteiger partial charge in [-0.2, -0.15) is 0 Å². The summed E-state index contributed by atoms with van der Waals surface area (Å²) in [7, 11) is 0. The molecule has 0 bridgehead atoms. The molecule has 3 aromatic carbocycles. The number of ether oxygens (including phenoxy) is 2. The van der Waals surface area contributed by atoms with Gasteiger partial charge in [-0.25, -0.2) is 14.4 Å². The predicted octanol–water partition coefficient (Wildman–Crippen LogP) is 4.85. The highest BCUT2D eigenvalue weighted by molar-refractivity contribution is 5.86. The molecule has 0 radical (unpaired) electrons. The van der Waals surface area contributed by atoms with Crippen LogP contribution in [0.3, 0.4) is 0 Å².